The lowest BCUT2D eigenvalue weighted by atomic mass is 10.2. The van der Waals surface area contributed by atoms with Gasteiger partial charge in [-0.3, -0.25) is 9.52 Å². The van der Waals surface area contributed by atoms with Gasteiger partial charge in [-0.05, 0) is 49.2 Å². The van der Waals surface area contributed by atoms with Gasteiger partial charge in [-0.1, -0.05) is 19.9 Å². The van der Waals surface area contributed by atoms with E-state index in [1.807, 2.05) is 18.6 Å². The topological polar surface area (TPSA) is 84.5 Å². The second-order valence-electron chi connectivity index (χ2n) is 6.57. The van der Waals surface area contributed by atoms with Crippen LogP contribution in [0.2, 0.25) is 0 Å². The van der Waals surface area contributed by atoms with E-state index in [0.717, 1.165) is 18.2 Å². The minimum Gasteiger partial charge on any atom is -0.481 e. The Bertz CT molecular complexity index is 911. The van der Waals surface area contributed by atoms with Crippen LogP contribution in [0.15, 0.2) is 47.4 Å². The third-order valence-corrected chi connectivity index (χ3v) is 5.07. The Hall–Kier alpha value is -2.68. The average molecular weight is 412 g/mol. The first-order valence-corrected chi connectivity index (χ1v) is 10.1. The van der Waals surface area contributed by atoms with E-state index < -0.39 is 33.4 Å². The highest BCUT2D eigenvalue weighted by molar-refractivity contribution is 7.92. The van der Waals surface area contributed by atoms with Crippen LogP contribution in [-0.4, -0.2) is 27.0 Å². The van der Waals surface area contributed by atoms with Crippen LogP contribution < -0.4 is 14.8 Å². The van der Waals surface area contributed by atoms with E-state index >= 15 is 0 Å². The van der Waals surface area contributed by atoms with Crippen LogP contribution in [0.1, 0.15) is 20.8 Å². The third kappa shape index (κ3) is 5.66. The van der Waals surface area contributed by atoms with Crippen LogP contribution in [0, 0.1) is 17.6 Å². The molecular formula is C19H22F2N2O4S. The van der Waals surface area contributed by atoms with Gasteiger partial charge in [-0.2, -0.15) is 0 Å². The van der Waals surface area contributed by atoms with Crippen LogP contribution in [0.4, 0.5) is 14.5 Å². The fourth-order valence-corrected chi connectivity index (χ4v) is 3.27. The van der Waals surface area contributed by atoms with E-state index in [-0.39, 0.29) is 16.6 Å². The summed E-state index contributed by atoms with van der Waals surface area (Å²) >= 11 is 0. The number of carbonyl (C=O) groups is 1. The largest absolute Gasteiger partial charge is 0.481 e. The van der Waals surface area contributed by atoms with Crippen molar-refractivity contribution in [1.29, 1.82) is 0 Å². The maximum absolute atomic E-state index is 13.7. The number of rotatable bonds is 8. The zero-order valence-corrected chi connectivity index (χ0v) is 16.5. The molecule has 0 saturated carbocycles. The molecule has 0 aliphatic carbocycles. The zero-order valence-electron chi connectivity index (χ0n) is 15.7. The van der Waals surface area contributed by atoms with E-state index in [1.54, 1.807) is 6.92 Å². The summed E-state index contributed by atoms with van der Waals surface area (Å²) in [6.45, 7) is 6.02. The Labute approximate surface area is 163 Å². The number of sulfonamides is 1. The molecule has 6 nitrogen and oxygen atoms in total. The molecule has 0 unspecified atom stereocenters. The van der Waals surface area contributed by atoms with E-state index in [9.17, 15) is 22.0 Å². The average Bonchev–Trinajstić information content (AvgIpc) is 2.63. The van der Waals surface area contributed by atoms with E-state index in [0.29, 0.717) is 12.5 Å². The van der Waals surface area contributed by atoms with Crippen molar-refractivity contribution in [2.75, 3.05) is 11.3 Å². The minimum absolute atomic E-state index is 0.209. The van der Waals surface area contributed by atoms with Crippen molar-refractivity contribution in [3.05, 3.63) is 54.1 Å². The molecule has 0 spiro atoms. The smallest absolute Gasteiger partial charge is 0.262 e. The first-order chi connectivity index (χ1) is 13.1. The van der Waals surface area contributed by atoms with Crippen molar-refractivity contribution < 1.29 is 26.7 Å². The molecule has 0 aromatic heterocycles. The Kier molecular flexibility index (Phi) is 6.95. The first kappa shape index (κ1) is 21.6. The standard InChI is InChI=1S/C19H22F2N2O4S/c1-12(2)11-22-19(24)13(3)27-14-7-9-15(10-8-14)28(25,26)23-18-16(20)5-4-6-17(18)21/h4-10,12-13,23H,11H2,1-3H3,(H,22,24)/t13-/m0/s1. The Morgan fingerprint density at radius 2 is 1.61 bits per heavy atom. The highest BCUT2D eigenvalue weighted by atomic mass is 32.2. The molecule has 1 amide bonds. The number of ether oxygens (including phenoxy) is 1. The molecule has 0 fully saturated rings. The molecule has 0 bridgehead atoms. The summed E-state index contributed by atoms with van der Waals surface area (Å²) in [5.41, 5.74) is -0.752. The highest BCUT2D eigenvalue weighted by Crippen LogP contribution is 2.23. The molecule has 0 saturated heterocycles. The number of nitrogens with one attached hydrogen (secondary N) is 2. The zero-order chi connectivity index (χ0) is 20.9. The van der Waals surface area contributed by atoms with E-state index in [1.165, 1.54) is 24.3 Å². The lowest BCUT2D eigenvalue weighted by Gasteiger charge is -2.16. The monoisotopic (exact) mass is 412 g/mol. The molecule has 0 radical (unpaired) electrons. The Morgan fingerprint density at radius 3 is 2.14 bits per heavy atom. The second kappa shape index (κ2) is 9.01. The number of amides is 1. The van der Waals surface area contributed by atoms with Crippen molar-refractivity contribution in [2.45, 2.75) is 31.8 Å². The summed E-state index contributed by atoms with van der Waals surface area (Å²) in [5.74, 6) is -1.76. The first-order valence-electron chi connectivity index (χ1n) is 8.61. The molecule has 2 aromatic carbocycles. The number of anilines is 1. The van der Waals surface area contributed by atoms with Crippen LogP contribution in [0.5, 0.6) is 5.75 Å². The molecule has 0 aliphatic heterocycles. The molecule has 2 rings (SSSR count). The number of benzene rings is 2. The molecule has 2 N–H and O–H groups in total. The Morgan fingerprint density at radius 1 is 1.04 bits per heavy atom. The normalized spacial score (nSPS) is 12.5. The molecule has 1 atom stereocenters. The summed E-state index contributed by atoms with van der Waals surface area (Å²) < 4.78 is 59.4. The number of para-hydroxylation sites is 1. The van der Waals surface area contributed by atoms with Gasteiger partial charge in [0.15, 0.2) is 6.10 Å². The molecule has 9 heteroatoms. The molecule has 152 valence electrons. The van der Waals surface area contributed by atoms with Gasteiger partial charge in [0, 0.05) is 6.54 Å². The summed E-state index contributed by atoms with van der Waals surface area (Å²) in [4.78, 5) is 11.7. The van der Waals surface area contributed by atoms with Gasteiger partial charge >= 0.3 is 0 Å². The van der Waals surface area contributed by atoms with Crippen molar-refractivity contribution in [3.8, 4) is 5.75 Å². The molecular weight excluding hydrogens is 390 g/mol. The van der Waals surface area contributed by atoms with Crippen LogP contribution in [0.3, 0.4) is 0 Å². The molecule has 2 aromatic rings. The summed E-state index contributed by atoms with van der Waals surface area (Å²) in [6.07, 6.45) is -0.771. The fraction of sp³-hybridized carbons (Fsp3) is 0.316. The predicted molar refractivity (Wildman–Crippen MR) is 102 cm³/mol. The van der Waals surface area contributed by atoms with Gasteiger partial charge in [0.25, 0.3) is 15.9 Å². The van der Waals surface area contributed by atoms with Crippen molar-refractivity contribution in [2.24, 2.45) is 5.92 Å². The lowest BCUT2D eigenvalue weighted by molar-refractivity contribution is -0.127. The van der Waals surface area contributed by atoms with E-state index in [4.69, 9.17) is 4.74 Å². The maximum atomic E-state index is 13.7. The van der Waals surface area contributed by atoms with Gasteiger partial charge in [-0.25, -0.2) is 17.2 Å². The van der Waals surface area contributed by atoms with Crippen LogP contribution in [0.25, 0.3) is 0 Å². The van der Waals surface area contributed by atoms with Gasteiger partial charge in [0.05, 0.1) is 4.90 Å². The van der Waals surface area contributed by atoms with Gasteiger partial charge < -0.3 is 10.1 Å². The summed E-state index contributed by atoms with van der Waals surface area (Å²) in [6, 6.07) is 8.18. The third-order valence-electron chi connectivity index (χ3n) is 3.70. The molecule has 0 heterocycles. The number of hydrogen-bond donors (Lipinski definition) is 2. The minimum atomic E-state index is -4.20. The molecule has 0 aliphatic rings. The van der Waals surface area contributed by atoms with Crippen molar-refractivity contribution in [1.82, 2.24) is 5.32 Å². The highest BCUT2D eigenvalue weighted by Gasteiger charge is 2.20. The van der Waals surface area contributed by atoms with Crippen LogP contribution in [-0.2, 0) is 14.8 Å². The Balaban J connectivity index is 2.08. The number of carbonyl (C=O) groups excluding carboxylic acids is 1. The fourth-order valence-electron chi connectivity index (χ4n) is 2.19. The van der Waals surface area contributed by atoms with E-state index in [2.05, 4.69) is 5.32 Å². The lowest BCUT2D eigenvalue weighted by Crippen LogP contribution is -2.38. The summed E-state index contributed by atoms with van der Waals surface area (Å²) in [7, 11) is -4.20. The van der Waals surface area contributed by atoms with Gasteiger partial charge in [-0.15, -0.1) is 0 Å². The van der Waals surface area contributed by atoms with Crippen molar-refractivity contribution >= 4 is 21.6 Å². The number of halogens is 2. The molecule has 28 heavy (non-hydrogen) atoms. The summed E-state index contributed by atoms with van der Waals surface area (Å²) in [5, 5.41) is 2.73. The van der Waals surface area contributed by atoms with Crippen molar-refractivity contribution in [3.63, 3.8) is 0 Å². The van der Waals surface area contributed by atoms with Gasteiger partial charge in [0.1, 0.15) is 23.1 Å². The quantitative estimate of drug-likeness (QED) is 0.697. The maximum Gasteiger partial charge on any atom is 0.262 e. The predicted octanol–water partition coefficient (Wildman–Crippen LogP) is 3.31. The van der Waals surface area contributed by atoms with Gasteiger partial charge in [0.2, 0.25) is 0 Å². The van der Waals surface area contributed by atoms with Crippen LogP contribution >= 0.6 is 0 Å². The number of hydrogen-bond acceptors (Lipinski definition) is 4. The second-order valence-corrected chi connectivity index (χ2v) is 8.26. The SMILES string of the molecule is CC(C)CNC(=O)[C@H](C)Oc1ccc(S(=O)(=O)Nc2c(F)cccc2F)cc1.